The smallest absolute Gasteiger partial charge is 0.335 e. The molecule has 4 N–H and O–H groups in total. The number of carbonyl (C=O) groups excluding carboxylic acids is 1. The molecule has 0 aliphatic carbocycles. The van der Waals surface area contributed by atoms with E-state index >= 15 is 0 Å². The van der Waals surface area contributed by atoms with Crippen molar-refractivity contribution in [2.75, 3.05) is 16.4 Å². The molecule has 49 heavy (non-hydrogen) atoms. The van der Waals surface area contributed by atoms with Crippen LogP contribution in [0, 0.1) is 5.92 Å². The Balaban J connectivity index is 1.14. The maximum Gasteiger partial charge on any atom is 0.335 e. The summed E-state index contributed by atoms with van der Waals surface area (Å²) in [6, 6.07) is 38.0. The summed E-state index contributed by atoms with van der Waals surface area (Å²) >= 11 is 1.59. The van der Waals surface area contributed by atoms with Crippen LogP contribution in [0.3, 0.4) is 0 Å². The van der Waals surface area contributed by atoms with Crippen LogP contribution in [0.4, 0.5) is 16.2 Å². The highest BCUT2D eigenvalue weighted by molar-refractivity contribution is 7.99. The standard InChI is InChI=1S/C39H36N2O7S/c1-25-35(24-49-34-20-14-28(15-21-34)37(43)44)47-38(48-36(25)27-12-10-26(23-42)11-13-27)29-6-5-7-31(22-29)41-39(45)40-30-16-18-33(19-17-30)46-32-8-3-2-4-9-32/h2-22,25,35-36,38,42H,23-24H2,1H3,(H,43,44)(H2,40,41,45). The normalized spacial score (nSPS) is 18.7. The number of para-hydroxylation sites is 1. The number of rotatable bonds is 11. The van der Waals surface area contributed by atoms with Gasteiger partial charge in [0.1, 0.15) is 11.5 Å². The van der Waals surface area contributed by atoms with Gasteiger partial charge in [0, 0.05) is 33.5 Å². The third-order valence-corrected chi connectivity index (χ3v) is 9.25. The predicted molar refractivity (Wildman–Crippen MR) is 189 cm³/mol. The van der Waals surface area contributed by atoms with Gasteiger partial charge in [-0.1, -0.05) is 61.5 Å². The average Bonchev–Trinajstić information content (AvgIpc) is 3.13. The van der Waals surface area contributed by atoms with Crippen molar-refractivity contribution in [1.29, 1.82) is 0 Å². The fraction of sp³-hybridized carbons (Fsp3) is 0.179. The van der Waals surface area contributed by atoms with Gasteiger partial charge < -0.3 is 35.1 Å². The van der Waals surface area contributed by atoms with Gasteiger partial charge in [0.25, 0.3) is 0 Å². The summed E-state index contributed by atoms with van der Waals surface area (Å²) in [6.07, 6.45) is -1.25. The summed E-state index contributed by atoms with van der Waals surface area (Å²) in [7, 11) is 0. The molecule has 4 atom stereocenters. The number of nitrogens with one attached hydrogen (secondary N) is 2. The van der Waals surface area contributed by atoms with Gasteiger partial charge in [-0.25, -0.2) is 9.59 Å². The molecule has 6 rings (SSSR count). The molecular weight excluding hydrogens is 641 g/mol. The van der Waals surface area contributed by atoms with Crippen molar-refractivity contribution in [3.63, 3.8) is 0 Å². The molecule has 10 heteroatoms. The first-order chi connectivity index (χ1) is 23.8. The highest BCUT2D eigenvalue weighted by atomic mass is 32.2. The Kier molecular flexibility index (Phi) is 10.9. The molecule has 1 aliphatic heterocycles. The van der Waals surface area contributed by atoms with Crippen molar-refractivity contribution in [1.82, 2.24) is 0 Å². The Morgan fingerprint density at radius 1 is 0.755 bits per heavy atom. The third kappa shape index (κ3) is 8.87. The number of aromatic carboxylic acids is 1. The summed E-state index contributed by atoms with van der Waals surface area (Å²) in [4.78, 5) is 25.2. The number of carboxylic acid groups (broad SMARTS) is 1. The van der Waals surface area contributed by atoms with Crippen LogP contribution in [-0.4, -0.2) is 34.1 Å². The van der Waals surface area contributed by atoms with Crippen molar-refractivity contribution in [3.05, 3.63) is 150 Å². The lowest BCUT2D eigenvalue weighted by atomic mass is 9.91. The molecule has 5 aromatic rings. The molecule has 9 nitrogen and oxygen atoms in total. The number of amides is 2. The topological polar surface area (TPSA) is 126 Å². The van der Waals surface area contributed by atoms with Crippen molar-refractivity contribution in [3.8, 4) is 11.5 Å². The number of urea groups is 1. The molecule has 0 spiro atoms. The van der Waals surface area contributed by atoms with E-state index in [0.717, 1.165) is 27.3 Å². The monoisotopic (exact) mass is 676 g/mol. The Hall–Kier alpha value is -5.13. The number of hydrogen-bond acceptors (Lipinski definition) is 7. The molecule has 5 aromatic carbocycles. The van der Waals surface area contributed by atoms with Crippen LogP contribution in [0.5, 0.6) is 11.5 Å². The van der Waals surface area contributed by atoms with E-state index in [2.05, 4.69) is 17.6 Å². The van der Waals surface area contributed by atoms with E-state index in [4.69, 9.17) is 14.2 Å². The van der Waals surface area contributed by atoms with Crippen molar-refractivity contribution < 1.29 is 34.0 Å². The van der Waals surface area contributed by atoms with E-state index < -0.39 is 18.3 Å². The molecule has 1 heterocycles. The second-order valence-corrected chi connectivity index (χ2v) is 12.7. The van der Waals surface area contributed by atoms with Gasteiger partial charge in [0.2, 0.25) is 0 Å². The minimum absolute atomic E-state index is 0.0291. The molecule has 250 valence electrons. The van der Waals surface area contributed by atoms with Gasteiger partial charge in [-0.3, -0.25) is 0 Å². The molecule has 0 saturated carbocycles. The summed E-state index contributed by atoms with van der Waals surface area (Å²) in [5, 5.41) is 24.6. The first kappa shape index (κ1) is 33.8. The fourth-order valence-electron chi connectivity index (χ4n) is 5.47. The van der Waals surface area contributed by atoms with Gasteiger partial charge in [0.15, 0.2) is 6.29 Å². The summed E-state index contributed by atoms with van der Waals surface area (Å²) in [6.45, 7) is 2.04. The molecule has 0 radical (unpaired) electrons. The number of aliphatic hydroxyl groups excluding tert-OH is 1. The van der Waals surface area contributed by atoms with Gasteiger partial charge in [-0.05, 0) is 83.9 Å². The molecule has 2 amide bonds. The summed E-state index contributed by atoms with van der Waals surface area (Å²) in [5.74, 6) is 0.993. The summed E-state index contributed by atoms with van der Waals surface area (Å²) < 4.78 is 19.0. The Labute approximate surface area is 288 Å². The van der Waals surface area contributed by atoms with Crippen molar-refractivity contribution in [2.45, 2.75) is 36.9 Å². The molecule has 4 unspecified atom stereocenters. The maximum absolute atomic E-state index is 12.9. The number of carboxylic acids is 1. The van der Waals surface area contributed by atoms with E-state index in [0.29, 0.717) is 22.9 Å². The number of thioether (sulfide) groups is 1. The van der Waals surface area contributed by atoms with Crippen LogP contribution in [-0.2, 0) is 16.1 Å². The lowest BCUT2D eigenvalue weighted by Crippen LogP contribution is -2.38. The summed E-state index contributed by atoms with van der Waals surface area (Å²) in [5.41, 5.74) is 3.93. The third-order valence-electron chi connectivity index (χ3n) is 8.15. The fourth-order valence-corrected chi connectivity index (χ4v) is 6.54. The number of hydrogen-bond donors (Lipinski definition) is 4. The molecule has 1 aliphatic rings. The predicted octanol–water partition coefficient (Wildman–Crippen LogP) is 8.90. The SMILES string of the molecule is CC1C(CSc2ccc(C(=O)O)cc2)OC(c2cccc(NC(=O)Nc3ccc(Oc4ccccc4)cc3)c2)OC1c1ccc(CO)cc1. The second kappa shape index (κ2) is 15.8. The van der Waals surface area contributed by atoms with Gasteiger partial charge in [-0.15, -0.1) is 11.8 Å². The van der Waals surface area contributed by atoms with Gasteiger partial charge in [-0.2, -0.15) is 0 Å². The maximum atomic E-state index is 12.9. The number of benzene rings is 5. The number of ether oxygens (including phenoxy) is 3. The quantitative estimate of drug-likeness (QED) is 0.102. The van der Waals surface area contributed by atoms with Crippen LogP contribution in [0.2, 0.25) is 0 Å². The van der Waals surface area contributed by atoms with Crippen LogP contribution in [0.25, 0.3) is 0 Å². The zero-order chi connectivity index (χ0) is 34.2. The van der Waals surface area contributed by atoms with E-state index in [1.807, 2.05) is 72.8 Å². The van der Waals surface area contributed by atoms with Crippen molar-refractivity contribution >= 4 is 35.1 Å². The second-order valence-electron chi connectivity index (χ2n) is 11.6. The van der Waals surface area contributed by atoms with Crippen LogP contribution in [0.1, 0.15) is 46.4 Å². The Morgan fingerprint density at radius 2 is 1.45 bits per heavy atom. The molecule has 1 saturated heterocycles. The number of carbonyl (C=O) groups is 2. The first-order valence-electron chi connectivity index (χ1n) is 15.8. The number of anilines is 2. The molecular formula is C39H36N2O7S. The lowest BCUT2D eigenvalue weighted by molar-refractivity contribution is -0.268. The van der Waals surface area contributed by atoms with E-state index in [1.54, 1.807) is 66.4 Å². The Bertz CT molecular complexity index is 1850. The molecule has 0 aromatic heterocycles. The van der Waals surface area contributed by atoms with Crippen molar-refractivity contribution in [2.24, 2.45) is 5.92 Å². The van der Waals surface area contributed by atoms with Gasteiger partial charge >= 0.3 is 12.0 Å². The minimum atomic E-state index is -0.965. The largest absolute Gasteiger partial charge is 0.478 e. The first-order valence-corrected chi connectivity index (χ1v) is 16.8. The zero-order valence-corrected chi connectivity index (χ0v) is 27.5. The van der Waals surface area contributed by atoms with E-state index in [-0.39, 0.29) is 30.3 Å². The minimum Gasteiger partial charge on any atom is -0.478 e. The van der Waals surface area contributed by atoms with E-state index in [1.165, 1.54) is 0 Å². The van der Waals surface area contributed by atoms with E-state index in [9.17, 15) is 19.8 Å². The number of aliphatic hydroxyl groups is 1. The highest BCUT2D eigenvalue weighted by Crippen LogP contribution is 2.43. The lowest BCUT2D eigenvalue weighted by Gasteiger charge is -2.41. The zero-order valence-electron chi connectivity index (χ0n) is 26.7. The highest BCUT2D eigenvalue weighted by Gasteiger charge is 2.38. The molecule has 0 bridgehead atoms. The average molecular weight is 677 g/mol. The van der Waals surface area contributed by atoms with Crippen LogP contribution in [0.15, 0.2) is 132 Å². The van der Waals surface area contributed by atoms with Crippen LogP contribution < -0.4 is 15.4 Å². The Morgan fingerprint density at radius 3 is 2.14 bits per heavy atom. The van der Waals surface area contributed by atoms with Crippen LogP contribution >= 0.6 is 11.8 Å². The molecule has 1 fully saturated rings. The van der Waals surface area contributed by atoms with Gasteiger partial charge in [0.05, 0.1) is 24.4 Å².